The van der Waals surface area contributed by atoms with E-state index < -0.39 is 0 Å². The minimum absolute atomic E-state index is 0.289. The lowest BCUT2D eigenvalue weighted by atomic mass is 9.99. The average Bonchev–Trinajstić information content (AvgIpc) is 2.85. The Morgan fingerprint density at radius 2 is 2.27 bits per heavy atom. The smallest absolute Gasteiger partial charge is 0.0584 e. The molecule has 2 N–H and O–H groups in total. The fourth-order valence-corrected chi connectivity index (χ4v) is 2.95. The van der Waals surface area contributed by atoms with Gasteiger partial charge in [-0.2, -0.15) is 0 Å². The van der Waals surface area contributed by atoms with Crippen LogP contribution in [0, 0.1) is 11.8 Å². The summed E-state index contributed by atoms with van der Waals surface area (Å²) in [5, 5.41) is 12.9. The predicted molar refractivity (Wildman–Crippen MR) is 62.7 cm³/mol. The Labute approximate surface area is 92.8 Å². The Balaban J connectivity index is 1.77. The van der Waals surface area contributed by atoms with E-state index >= 15 is 0 Å². The number of nitrogens with one attached hydrogen (secondary N) is 1. The Morgan fingerprint density at radius 3 is 2.80 bits per heavy atom. The molecule has 15 heavy (non-hydrogen) atoms. The van der Waals surface area contributed by atoms with Crippen molar-refractivity contribution in [1.82, 2.24) is 5.32 Å². The van der Waals surface area contributed by atoms with E-state index in [9.17, 15) is 5.11 Å². The van der Waals surface area contributed by atoms with Crippen molar-refractivity contribution < 1.29 is 5.11 Å². The normalized spacial score (nSPS) is 34.9. The van der Waals surface area contributed by atoms with Crippen LogP contribution < -0.4 is 5.32 Å². The van der Waals surface area contributed by atoms with Crippen LogP contribution in [0.3, 0.4) is 0 Å². The highest BCUT2D eigenvalue weighted by Gasteiger charge is 2.36. The van der Waals surface area contributed by atoms with Crippen molar-refractivity contribution in [3.8, 4) is 0 Å². The summed E-state index contributed by atoms with van der Waals surface area (Å²) in [6.45, 7) is 2.49. The molecule has 4 unspecified atom stereocenters. The summed E-state index contributed by atoms with van der Waals surface area (Å²) >= 11 is 0. The van der Waals surface area contributed by atoms with Crippen LogP contribution in [-0.2, 0) is 0 Å². The summed E-state index contributed by atoms with van der Waals surface area (Å²) in [6.07, 6.45) is 10.9. The molecule has 4 atom stereocenters. The molecule has 1 fully saturated rings. The lowest BCUT2D eigenvalue weighted by molar-refractivity contribution is 0.215. The number of hydrogen-bond donors (Lipinski definition) is 2. The topological polar surface area (TPSA) is 32.3 Å². The van der Waals surface area contributed by atoms with E-state index in [2.05, 4.69) is 24.4 Å². The minimum Gasteiger partial charge on any atom is -0.395 e. The highest BCUT2D eigenvalue weighted by Crippen LogP contribution is 2.39. The largest absolute Gasteiger partial charge is 0.395 e. The highest BCUT2D eigenvalue weighted by molar-refractivity contribution is 5.12. The minimum atomic E-state index is 0.289. The van der Waals surface area contributed by atoms with Crippen molar-refractivity contribution in [1.29, 1.82) is 0 Å². The van der Waals surface area contributed by atoms with E-state index in [-0.39, 0.29) is 6.61 Å². The summed E-state index contributed by atoms with van der Waals surface area (Å²) in [6, 6.07) is 0.955. The lowest BCUT2D eigenvalue weighted by Crippen LogP contribution is -2.42. The number of aliphatic hydroxyl groups is 1. The van der Waals surface area contributed by atoms with Gasteiger partial charge in [-0.15, -0.1) is 0 Å². The van der Waals surface area contributed by atoms with E-state index in [1.807, 2.05) is 0 Å². The van der Waals surface area contributed by atoms with Crippen molar-refractivity contribution in [3.63, 3.8) is 0 Å². The fraction of sp³-hybridized carbons (Fsp3) is 0.846. The zero-order chi connectivity index (χ0) is 10.7. The third-order valence-electron chi connectivity index (χ3n) is 3.86. The Hall–Kier alpha value is -0.340. The first-order valence-electron chi connectivity index (χ1n) is 6.38. The molecule has 2 aliphatic carbocycles. The van der Waals surface area contributed by atoms with Crippen LogP contribution in [-0.4, -0.2) is 23.8 Å². The number of hydrogen-bond acceptors (Lipinski definition) is 2. The molecule has 0 aliphatic heterocycles. The van der Waals surface area contributed by atoms with Gasteiger partial charge in [-0.3, -0.25) is 0 Å². The van der Waals surface area contributed by atoms with Gasteiger partial charge in [0.25, 0.3) is 0 Å². The van der Waals surface area contributed by atoms with Crippen LogP contribution in [0.5, 0.6) is 0 Å². The second-order valence-electron chi connectivity index (χ2n) is 5.08. The maximum atomic E-state index is 9.30. The maximum absolute atomic E-state index is 9.30. The monoisotopic (exact) mass is 209 g/mol. The number of rotatable bonds is 6. The molecular formula is C13H23NO. The summed E-state index contributed by atoms with van der Waals surface area (Å²) in [5.74, 6) is 1.56. The molecule has 0 aromatic carbocycles. The van der Waals surface area contributed by atoms with Crippen LogP contribution in [0.15, 0.2) is 12.2 Å². The molecule has 2 bridgehead atoms. The van der Waals surface area contributed by atoms with Gasteiger partial charge < -0.3 is 10.4 Å². The molecule has 86 valence electrons. The van der Waals surface area contributed by atoms with E-state index in [0.717, 1.165) is 18.3 Å². The van der Waals surface area contributed by atoms with Gasteiger partial charge in [0.05, 0.1) is 6.61 Å². The first-order chi connectivity index (χ1) is 7.33. The molecule has 0 saturated heterocycles. The quantitative estimate of drug-likeness (QED) is 0.657. The highest BCUT2D eigenvalue weighted by atomic mass is 16.3. The molecule has 0 amide bonds. The Kier molecular flexibility index (Phi) is 3.81. The van der Waals surface area contributed by atoms with Crippen molar-refractivity contribution >= 4 is 0 Å². The van der Waals surface area contributed by atoms with Gasteiger partial charge >= 0.3 is 0 Å². The van der Waals surface area contributed by atoms with Crippen LogP contribution in [0.4, 0.5) is 0 Å². The van der Waals surface area contributed by atoms with Crippen molar-refractivity contribution in [3.05, 3.63) is 12.2 Å². The summed E-state index contributed by atoms with van der Waals surface area (Å²) < 4.78 is 0. The third-order valence-corrected chi connectivity index (χ3v) is 3.86. The Bertz CT molecular complexity index is 227. The van der Waals surface area contributed by atoms with Crippen LogP contribution >= 0.6 is 0 Å². The second kappa shape index (κ2) is 5.13. The zero-order valence-electron chi connectivity index (χ0n) is 9.65. The molecule has 0 aromatic heterocycles. The number of unbranched alkanes of at least 4 members (excludes halogenated alkanes) is 1. The lowest BCUT2D eigenvalue weighted by Gasteiger charge is -2.25. The van der Waals surface area contributed by atoms with Gasteiger partial charge in [0, 0.05) is 12.1 Å². The molecule has 0 spiro atoms. The molecule has 0 aromatic rings. The van der Waals surface area contributed by atoms with Gasteiger partial charge in [-0.1, -0.05) is 31.9 Å². The fourth-order valence-electron chi connectivity index (χ4n) is 2.95. The molecule has 1 saturated carbocycles. The van der Waals surface area contributed by atoms with Gasteiger partial charge in [-0.25, -0.2) is 0 Å². The molecule has 2 nitrogen and oxygen atoms in total. The molecule has 2 aliphatic rings. The second-order valence-corrected chi connectivity index (χ2v) is 5.08. The number of fused-ring (bicyclic) bond motifs is 2. The van der Waals surface area contributed by atoms with Crippen LogP contribution in [0.2, 0.25) is 0 Å². The standard InChI is InChI=1S/C13H23NO/c1-2-3-4-12(9-15)14-13-8-10-5-6-11(13)7-10/h5-6,10-15H,2-4,7-9H2,1H3. The van der Waals surface area contributed by atoms with Crippen LogP contribution in [0.25, 0.3) is 0 Å². The maximum Gasteiger partial charge on any atom is 0.0584 e. The van der Waals surface area contributed by atoms with E-state index in [0.29, 0.717) is 12.1 Å². The summed E-state index contributed by atoms with van der Waals surface area (Å²) in [7, 11) is 0. The van der Waals surface area contributed by atoms with Gasteiger partial charge in [0.1, 0.15) is 0 Å². The third kappa shape index (κ3) is 2.61. The first-order valence-corrected chi connectivity index (χ1v) is 6.38. The van der Waals surface area contributed by atoms with E-state index in [1.165, 1.54) is 25.7 Å². The number of aliphatic hydroxyl groups excluding tert-OH is 1. The van der Waals surface area contributed by atoms with Crippen molar-refractivity contribution in [2.24, 2.45) is 11.8 Å². The van der Waals surface area contributed by atoms with Crippen molar-refractivity contribution in [2.75, 3.05) is 6.61 Å². The Morgan fingerprint density at radius 1 is 1.40 bits per heavy atom. The summed E-state index contributed by atoms with van der Waals surface area (Å²) in [5.41, 5.74) is 0. The van der Waals surface area contributed by atoms with Crippen molar-refractivity contribution in [2.45, 2.75) is 51.1 Å². The predicted octanol–water partition coefficient (Wildman–Crippen LogP) is 2.09. The van der Waals surface area contributed by atoms with E-state index in [4.69, 9.17) is 0 Å². The SMILES string of the molecule is CCCCC(CO)NC1CC2C=CC1C2. The van der Waals surface area contributed by atoms with Gasteiger partial charge in [0.15, 0.2) is 0 Å². The first kappa shape index (κ1) is 11.2. The molecule has 0 radical (unpaired) electrons. The molecule has 2 heteroatoms. The average molecular weight is 209 g/mol. The molecular weight excluding hydrogens is 186 g/mol. The summed E-state index contributed by atoms with van der Waals surface area (Å²) in [4.78, 5) is 0. The van der Waals surface area contributed by atoms with Crippen LogP contribution in [0.1, 0.15) is 39.0 Å². The number of allylic oxidation sites excluding steroid dienone is 1. The molecule has 2 rings (SSSR count). The van der Waals surface area contributed by atoms with Gasteiger partial charge in [-0.05, 0) is 31.1 Å². The zero-order valence-corrected chi connectivity index (χ0v) is 9.65. The van der Waals surface area contributed by atoms with E-state index in [1.54, 1.807) is 0 Å². The van der Waals surface area contributed by atoms with Gasteiger partial charge in [0.2, 0.25) is 0 Å². The molecule has 0 heterocycles.